The first kappa shape index (κ1) is 19.1. The van der Waals surface area contributed by atoms with Crippen LogP contribution in [0, 0.1) is 17.1 Å². The van der Waals surface area contributed by atoms with E-state index < -0.39 is 17.3 Å². The van der Waals surface area contributed by atoms with Crippen LogP contribution in [-0.4, -0.2) is 16.2 Å². The summed E-state index contributed by atoms with van der Waals surface area (Å²) in [5, 5.41) is 14.8. The lowest BCUT2D eigenvalue weighted by Crippen LogP contribution is -2.34. The maximum Gasteiger partial charge on any atom is 0.435 e. The van der Waals surface area contributed by atoms with Crippen LogP contribution >= 0.6 is 11.3 Å². The summed E-state index contributed by atoms with van der Waals surface area (Å²) in [5.41, 5.74) is 11.9. The van der Waals surface area contributed by atoms with Gasteiger partial charge in [0.15, 0.2) is 7.05 Å². The smallest absolute Gasteiger partial charge is 0.397 e. The number of carbonyl (C=O) groups is 1. The molecule has 0 unspecified atom stereocenters. The summed E-state index contributed by atoms with van der Waals surface area (Å²) in [5.74, 6) is -1.12. The number of nitrogen functional groups attached to an aromatic ring is 2. The number of nitrogens with one attached hydrogen (secondary N) is 2. The number of anilines is 3. The Labute approximate surface area is 171 Å². The lowest BCUT2D eigenvalue weighted by atomic mass is 10.0. The van der Waals surface area contributed by atoms with E-state index in [0.717, 1.165) is 11.3 Å². The van der Waals surface area contributed by atoms with E-state index in [2.05, 4.69) is 15.6 Å². The number of halogens is 1. The molecule has 0 radical (unpaired) electrons. The van der Waals surface area contributed by atoms with Crippen LogP contribution in [0.25, 0.3) is 21.5 Å². The fourth-order valence-electron chi connectivity index (χ4n) is 3.02. The van der Waals surface area contributed by atoms with E-state index in [1.165, 1.54) is 36.0 Å². The summed E-state index contributed by atoms with van der Waals surface area (Å²) in [7, 11) is 1.51. The molecule has 10 nitrogen and oxygen atoms in total. The van der Waals surface area contributed by atoms with Gasteiger partial charge >= 0.3 is 11.3 Å². The van der Waals surface area contributed by atoms with Crippen LogP contribution < -0.4 is 27.1 Å². The van der Waals surface area contributed by atoms with Crippen LogP contribution in [-0.2, 0) is 7.05 Å². The van der Waals surface area contributed by atoms with Crippen LogP contribution in [0.3, 0.4) is 0 Å². The second-order valence-electron chi connectivity index (χ2n) is 6.23. The third-order valence-electron chi connectivity index (χ3n) is 4.37. The highest BCUT2D eigenvalue weighted by atomic mass is 32.1. The Hall–Kier alpha value is -4.24. The first-order chi connectivity index (χ1) is 14.3. The number of hydrogen-bond acceptors (Lipinski definition) is 8. The highest BCUT2D eigenvalue weighted by molar-refractivity contribution is 7.21. The van der Waals surface area contributed by atoms with Crippen LogP contribution in [0.4, 0.5) is 21.6 Å². The predicted octanol–water partition coefficient (Wildman–Crippen LogP) is 1.50. The molecule has 0 fully saturated rings. The first-order valence-electron chi connectivity index (χ1n) is 8.38. The number of nitriles is 1. The van der Waals surface area contributed by atoms with Crippen LogP contribution in [0.15, 0.2) is 33.6 Å². The fourth-order valence-corrected chi connectivity index (χ4v) is 4.03. The zero-order valence-corrected chi connectivity index (χ0v) is 16.1. The topological polar surface area (TPSA) is 168 Å². The summed E-state index contributed by atoms with van der Waals surface area (Å²) in [4.78, 5) is 29.6. The average Bonchev–Trinajstić information content (AvgIpc) is 3.21. The van der Waals surface area contributed by atoms with Gasteiger partial charge in [-0.2, -0.15) is 5.26 Å². The number of aryl methyl sites for hydroxylation is 1. The quantitative estimate of drug-likeness (QED) is 0.360. The van der Waals surface area contributed by atoms with E-state index in [1.54, 1.807) is 0 Å². The summed E-state index contributed by atoms with van der Waals surface area (Å²) >= 11 is 0.947. The molecule has 0 aliphatic rings. The van der Waals surface area contributed by atoms with Crippen molar-refractivity contribution < 1.29 is 18.4 Å². The molecule has 3 aromatic heterocycles. The number of H-pyrrole nitrogens is 1. The van der Waals surface area contributed by atoms with Gasteiger partial charge in [-0.25, -0.2) is 14.2 Å². The van der Waals surface area contributed by atoms with E-state index in [0.29, 0.717) is 5.69 Å². The van der Waals surface area contributed by atoms with Crippen molar-refractivity contribution in [2.75, 3.05) is 16.8 Å². The van der Waals surface area contributed by atoms with E-state index >= 15 is 0 Å². The Kier molecular flexibility index (Phi) is 4.44. The minimum Gasteiger partial charge on any atom is -0.397 e. The van der Waals surface area contributed by atoms with Crippen molar-refractivity contribution in [1.82, 2.24) is 10.3 Å². The molecular weight excluding hydrogens is 413 g/mol. The van der Waals surface area contributed by atoms with Gasteiger partial charge in [0.2, 0.25) is 0 Å². The minimum absolute atomic E-state index is 0.000595. The molecule has 0 bridgehead atoms. The maximum atomic E-state index is 13.1. The summed E-state index contributed by atoms with van der Waals surface area (Å²) in [6.07, 6.45) is 0. The van der Waals surface area contributed by atoms with Gasteiger partial charge in [0.05, 0.1) is 16.6 Å². The standard InChI is InChI=1S/C18H12FN7O3S/c1-26-13(18(28)29-25-26)10-9(6-20)15(22)24-17-11(10)12(21)14(30-17)16(27)23-8-4-2-7(19)3-5-8/h2-5H,1H3,(H5-,21,22,23,24,25,27,28)/p+1. The van der Waals surface area contributed by atoms with Crippen LogP contribution in [0.1, 0.15) is 15.2 Å². The normalized spacial score (nSPS) is 10.8. The zero-order valence-electron chi connectivity index (χ0n) is 15.3. The van der Waals surface area contributed by atoms with Crippen LogP contribution in [0.2, 0.25) is 0 Å². The van der Waals surface area contributed by atoms with Crippen LogP contribution in [0.5, 0.6) is 0 Å². The molecule has 150 valence electrons. The third-order valence-corrected chi connectivity index (χ3v) is 5.46. The summed E-state index contributed by atoms with van der Waals surface area (Å²) in [6.45, 7) is 0. The summed E-state index contributed by atoms with van der Waals surface area (Å²) < 4.78 is 19.1. The molecule has 0 aliphatic heterocycles. The molecule has 1 aromatic carbocycles. The Morgan fingerprint density at radius 3 is 2.67 bits per heavy atom. The molecule has 6 N–H and O–H groups in total. The van der Waals surface area contributed by atoms with Gasteiger partial charge in [0, 0.05) is 5.69 Å². The van der Waals surface area contributed by atoms with Gasteiger partial charge in [0.1, 0.15) is 33.0 Å². The highest BCUT2D eigenvalue weighted by Gasteiger charge is 2.32. The molecule has 0 saturated carbocycles. The Bertz CT molecular complexity index is 1410. The van der Waals surface area contributed by atoms with Crippen molar-refractivity contribution >= 4 is 44.7 Å². The maximum absolute atomic E-state index is 13.1. The molecule has 30 heavy (non-hydrogen) atoms. The Morgan fingerprint density at radius 2 is 2.07 bits per heavy atom. The van der Waals surface area contributed by atoms with Crippen molar-refractivity contribution in [1.29, 1.82) is 5.26 Å². The predicted molar refractivity (Wildman–Crippen MR) is 107 cm³/mol. The SMILES string of the molecule is C[n+]1[nH]oc(=O)c1-c1c(C#N)c(N)nc2sc(C(=O)Nc3ccc(F)cc3)c(N)c12. The first-order valence-corrected chi connectivity index (χ1v) is 9.19. The van der Waals surface area contributed by atoms with Gasteiger partial charge < -0.3 is 16.8 Å². The number of fused-ring (bicyclic) bond motifs is 1. The molecule has 4 aromatic rings. The second kappa shape index (κ2) is 6.98. The number of nitrogens with two attached hydrogens (primary N) is 2. The lowest BCUT2D eigenvalue weighted by Gasteiger charge is -2.05. The number of aromatic amines is 1. The molecule has 0 atom stereocenters. The number of nitrogens with zero attached hydrogens (tertiary/aromatic N) is 3. The number of pyridine rings is 1. The Balaban J connectivity index is 1.93. The van der Waals surface area contributed by atoms with E-state index in [1.807, 2.05) is 6.07 Å². The number of thiophene rings is 1. The third kappa shape index (κ3) is 2.93. The van der Waals surface area contributed by atoms with Crippen molar-refractivity contribution in [2.45, 2.75) is 0 Å². The zero-order chi connectivity index (χ0) is 21.6. The number of hydrogen-bond donors (Lipinski definition) is 4. The number of aromatic nitrogens is 3. The molecule has 1 amide bonds. The van der Waals surface area contributed by atoms with Crippen molar-refractivity contribution in [3.63, 3.8) is 0 Å². The van der Waals surface area contributed by atoms with Gasteiger partial charge in [-0.3, -0.25) is 9.32 Å². The lowest BCUT2D eigenvalue weighted by molar-refractivity contribution is -0.730. The second-order valence-corrected chi connectivity index (χ2v) is 7.23. The van der Waals surface area contributed by atoms with E-state index in [4.69, 9.17) is 16.0 Å². The van der Waals surface area contributed by atoms with Crippen molar-refractivity contribution in [2.24, 2.45) is 7.05 Å². The number of carbonyl (C=O) groups excluding carboxylic acids is 1. The number of benzene rings is 1. The Morgan fingerprint density at radius 1 is 1.37 bits per heavy atom. The van der Waals surface area contributed by atoms with Gasteiger partial charge in [0.25, 0.3) is 5.91 Å². The average molecular weight is 426 g/mol. The fraction of sp³-hybridized carbons (Fsp3) is 0.0556. The minimum atomic E-state index is -0.746. The van der Waals surface area contributed by atoms with E-state index in [-0.39, 0.29) is 43.4 Å². The summed E-state index contributed by atoms with van der Waals surface area (Å²) in [6, 6.07) is 7.13. The van der Waals surface area contributed by atoms with Crippen molar-refractivity contribution in [3.05, 3.63) is 50.9 Å². The van der Waals surface area contributed by atoms with E-state index in [9.17, 15) is 19.2 Å². The molecular formula is C18H13FN7O3S+. The number of amides is 1. The van der Waals surface area contributed by atoms with Gasteiger partial charge in [-0.1, -0.05) is 4.68 Å². The monoisotopic (exact) mass is 426 g/mol. The molecule has 0 saturated heterocycles. The van der Waals surface area contributed by atoms with Crippen molar-refractivity contribution in [3.8, 4) is 17.3 Å². The van der Waals surface area contributed by atoms with Gasteiger partial charge in [-0.05, 0) is 29.5 Å². The molecule has 0 spiro atoms. The highest BCUT2D eigenvalue weighted by Crippen LogP contribution is 2.41. The molecule has 12 heteroatoms. The number of rotatable bonds is 3. The molecule has 4 rings (SSSR count). The largest absolute Gasteiger partial charge is 0.435 e. The molecule has 0 aliphatic carbocycles. The van der Waals surface area contributed by atoms with Gasteiger partial charge in [-0.15, -0.1) is 11.3 Å². The molecule has 3 heterocycles.